The van der Waals surface area contributed by atoms with Crippen LogP contribution in [0.15, 0.2) is 66.7 Å². The topological polar surface area (TPSA) is 145 Å². The van der Waals surface area contributed by atoms with Gasteiger partial charge in [-0.15, -0.1) is 0 Å². The van der Waals surface area contributed by atoms with Gasteiger partial charge in [0.2, 0.25) is 0 Å². The second kappa shape index (κ2) is 9.57. The molecule has 0 aromatic heterocycles. The molecule has 0 aliphatic rings. The molecule has 6 N–H and O–H groups in total. The molecule has 0 aliphatic carbocycles. The Bertz CT molecular complexity index is 1200. The van der Waals surface area contributed by atoms with E-state index in [0.717, 1.165) is 0 Å². The standard InChI is InChI=1S/C24H22N4O4/c1-2-27-22(29)15-9-12-18(20(13-15)24(31)32)17-5-3-4-6-19(17)23(30)28-16-10-7-14(8-11-16)21(25)26/h3-13H,2H2,1H3,(H3,25,26)(H,27,29)(H,28,30)(H,31,32). The molecule has 162 valence electrons. The first kappa shape index (κ1) is 22.2. The van der Waals surface area contributed by atoms with Crippen LogP contribution in [0.25, 0.3) is 11.1 Å². The zero-order valence-electron chi connectivity index (χ0n) is 17.3. The van der Waals surface area contributed by atoms with Crippen LogP contribution in [0.3, 0.4) is 0 Å². The predicted octanol–water partition coefficient (Wildman–Crippen LogP) is 3.34. The lowest BCUT2D eigenvalue weighted by molar-refractivity contribution is 0.0697. The zero-order chi connectivity index (χ0) is 23.3. The first-order valence-electron chi connectivity index (χ1n) is 9.82. The monoisotopic (exact) mass is 430 g/mol. The summed E-state index contributed by atoms with van der Waals surface area (Å²) in [6, 6.07) is 17.5. The quantitative estimate of drug-likeness (QED) is 0.288. The third-order valence-corrected chi connectivity index (χ3v) is 4.77. The molecule has 3 rings (SSSR count). The third kappa shape index (κ3) is 4.81. The van der Waals surface area contributed by atoms with Crippen molar-refractivity contribution < 1.29 is 19.5 Å². The van der Waals surface area contributed by atoms with Gasteiger partial charge in [0.15, 0.2) is 0 Å². The van der Waals surface area contributed by atoms with Crippen LogP contribution in [0.1, 0.15) is 43.6 Å². The Labute approximate surface area is 184 Å². The zero-order valence-corrected chi connectivity index (χ0v) is 17.3. The number of anilines is 1. The van der Waals surface area contributed by atoms with Gasteiger partial charge in [-0.05, 0) is 60.5 Å². The summed E-state index contributed by atoms with van der Waals surface area (Å²) in [6.45, 7) is 2.19. The lowest BCUT2D eigenvalue weighted by atomic mass is 9.93. The summed E-state index contributed by atoms with van der Waals surface area (Å²) in [5, 5.41) is 22.6. The number of hydrogen-bond acceptors (Lipinski definition) is 4. The number of nitrogens with two attached hydrogens (primary N) is 1. The molecule has 0 unspecified atom stereocenters. The number of amidine groups is 1. The molecule has 0 bridgehead atoms. The average molecular weight is 430 g/mol. The van der Waals surface area contributed by atoms with Gasteiger partial charge in [0.05, 0.1) is 5.56 Å². The maximum Gasteiger partial charge on any atom is 0.336 e. The minimum atomic E-state index is -1.21. The summed E-state index contributed by atoms with van der Waals surface area (Å²) in [5.74, 6) is -2.09. The van der Waals surface area contributed by atoms with Gasteiger partial charge in [0.25, 0.3) is 11.8 Å². The van der Waals surface area contributed by atoms with E-state index in [1.165, 1.54) is 18.2 Å². The molecule has 0 aliphatic heterocycles. The summed E-state index contributed by atoms with van der Waals surface area (Å²) in [6.07, 6.45) is 0. The lowest BCUT2D eigenvalue weighted by Gasteiger charge is -2.14. The van der Waals surface area contributed by atoms with Crippen molar-refractivity contribution in [1.29, 1.82) is 5.41 Å². The summed E-state index contributed by atoms with van der Waals surface area (Å²) >= 11 is 0. The smallest absolute Gasteiger partial charge is 0.336 e. The number of rotatable bonds is 7. The van der Waals surface area contributed by atoms with Crippen molar-refractivity contribution >= 4 is 29.3 Å². The molecule has 0 heterocycles. The molecule has 32 heavy (non-hydrogen) atoms. The number of amides is 2. The van der Waals surface area contributed by atoms with Gasteiger partial charge in [-0.1, -0.05) is 24.3 Å². The van der Waals surface area contributed by atoms with E-state index in [-0.39, 0.29) is 28.4 Å². The molecular weight excluding hydrogens is 408 g/mol. The van der Waals surface area contributed by atoms with E-state index in [2.05, 4.69) is 10.6 Å². The third-order valence-electron chi connectivity index (χ3n) is 4.77. The van der Waals surface area contributed by atoms with E-state index in [0.29, 0.717) is 28.9 Å². The summed E-state index contributed by atoms with van der Waals surface area (Å²) in [7, 11) is 0. The molecule has 0 fully saturated rings. The number of carbonyl (C=O) groups is 3. The molecule has 0 saturated heterocycles. The fraction of sp³-hybridized carbons (Fsp3) is 0.0833. The van der Waals surface area contributed by atoms with Crippen molar-refractivity contribution in [2.45, 2.75) is 6.92 Å². The van der Waals surface area contributed by atoms with Gasteiger partial charge in [-0.25, -0.2) is 4.79 Å². The molecule has 0 saturated carbocycles. The number of hydrogen-bond donors (Lipinski definition) is 5. The molecule has 2 amide bonds. The molecule has 3 aromatic rings. The highest BCUT2D eigenvalue weighted by atomic mass is 16.4. The van der Waals surface area contributed by atoms with Crippen molar-refractivity contribution in [3.63, 3.8) is 0 Å². The van der Waals surface area contributed by atoms with Crippen molar-refractivity contribution in [3.05, 3.63) is 89.0 Å². The Morgan fingerprint density at radius 2 is 1.50 bits per heavy atom. The number of carboxylic acid groups (broad SMARTS) is 1. The normalized spacial score (nSPS) is 10.3. The van der Waals surface area contributed by atoms with Crippen LogP contribution in [-0.4, -0.2) is 35.3 Å². The van der Waals surface area contributed by atoms with Crippen LogP contribution in [0, 0.1) is 5.41 Å². The number of carbonyl (C=O) groups excluding carboxylic acids is 2. The largest absolute Gasteiger partial charge is 0.478 e. The maximum atomic E-state index is 13.0. The van der Waals surface area contributed by atoms with Crippen molar-refractivity contribution in [3.8, 4) is 11.1 Å². The fourth-order valence-corrected chi connectivity index (χ4v) is 3.21. The van der Waals surface area contributed by atoms with Crippen LogP contribution >= 0.6 is 0 Å². The Morgan fingerprint density at radius 3 is 2.12 bits per heavy atom. The van der Waals surface area contributed by atoms with E-state index >= 15 is 0 Å². The van der Waals surface area contributed by atoms with Crippen LogP contribution < -0.4 is 16.4 Å². The second-order valence-corrected chi connectivity index (χ2v) is 6.92. The van der Waals surface area contributed by atoms with Crippen molar-refractivity contribution in [2.75, 3.05) is 11.9 Å². The molecule has 0 atom stereocenters. The molecule has 0 spiro atoms. The maximum absolute atomic E-state index is 13.0. The van der Waals surface area contributed by atoms with E-state index in [9.17, 15) is 19.5 Å². The number of aromatic carboxylic acids is 1. The van der Waals surface area contributed by atoms with E-state index in [4.69, 9.17) is 11.1 Å². The van der Waals surface area contributed by atoms with Gasteiger partial charge in [0, 0.05) is 28.9 Å². The highest BCUT2D eigenvalue weighted by Crippen LogP contribution is 2.29. The van der Waals surface area contributed by atoms with Gasteiger partial charge in [-0.2, -0.15) is 0 Å². The molecule has 8 heteroatoms. The van der Waals surface area contributed by atoms with Crippen molar-refractivity contribution in [1.82, 2.24) is 5.32 Å². The lowest BCUT2D eigenvalue weighted by Crippen LogP contribution is -2.23. The first-order chi connectivity index (χ1) is 15.3. The Kier molecular flexibility index (Phi) is 6.65. The first-order valence-corrected chi connectivity index (χ1v) is 9.82. The minimum Gasteiger partial charge on any atom is -0.478 e. The summed E-state index contributed by atoms with van der Waals surface area (Å²) < 4.78 is 0. The number of nitrogen functional groups attached to an aromatic ring is 1. The fourth-order valence-electron chi connectivity index (χ4n) is 3.21. The number of carboxylic acids is 1. The van der Waals surface area contributed by atoms with Gasteiger partial charge in [0.1, 0.15) is 5.84 Å². The predicted molar refractivity (Wildman–Crippen MR) is 122 cm³/mol. The molecular formula is C24H22N4O4. The van der Waals surface area contributed by atoms with Crippen LogP contribution in [0.5, 0.6) is 0 Å². The van der Waals surface area contributed by atoms with Crippen LogP contribution in [0.4, 0.5) is 5.69 Å². The molecule has 0 radical (unpaired) electrons. The SMILES string of the molecule is CCNC(=O)c1ccc(-c2ccccc2C(=O)Nc2ccc(C(=N)N)cc2)c(C(=O)O)c1. The Balaban J connectivity index is 1.98. The second-order valence-electron chi connectivity index (χ2n) is 6.92. The Hall–Kier alpha value is -4.46. The van der Waals surface area contributed by atoms with E-state index in [1.807, 2.05) is 0 Å². The number of nitrogens with one attached hydrogen (secondary N) is 3. The van der Waals surface area contributed by atoms with Gasteiger partial charge in [-0.3, -0.25) is 15.0 Å². The highest BCUT2D eigenvalue weighted by Gasteiger charge is 2.20. The summed E-state index contributed by atoms with van der Waals surface area (Å²) in [4.78, 5) is 37.0. The number of benzene rings is 3. The van der Waals surface area contributed by atoms with Crippen LogP contribution in [-0.2, 0) is 0 Å². The van der Waals surface area contributed by atoms with E-state index in [1.54, 1.807) is 55.5 Å². The van der Waals surface area contributed by atoms with E-state index < -0.39 is 11.9 Å². The Morgan fingerprint density at radius 1 is 0.875 bits per heavy atom. The molecule has 8 nitrogen and oxygen atoms in total. The van der Waals surface area contributed by atoms with Gasteiger partial charge >= 0.3 is 5.97 Å². The van der Waals surface area contributed by atoms with Crippen molar-refractivity contribution in [2.24, 2.45) is 5.73 Å². The highest BCUT2D eigenvalue weighted by molar-refractivity contribution is 6.11. The average Bonchev–Trinajstić information content (AvgIpc) is 2.79. The summed E-state index contributed by atoms with van der Waals surface area (Å²) in [5.41, 5.74) is 7.63. The van der Waals surface area contributed by atoms with Crippen LogP contribution in [0.2, 0.25) is 0 Å². The molecule has 3 aromatic carbocycles. The minimum absolute atomic E-state index is 0.0783. The van der Waals surface area contributed by atoms with Gasteiger partial charge < -0.3 is 21.5 Å².